The summed E-state index contributed by atoms with van der Waals surface area (Å²) in [6, 6.07) is 10.7. The molecule has 164 valence electrons. The Morgan fingerprint density at radius 3 is 2.63 bits per heavy atom. The fourth-order valence-corrected chi connectivity index (χ4v) is 4.85. The molecule has 0 radical (unpaired) electrons. The van der Waals surface area contributed by atoms with E-state index in [0.29, 0.717) is 12.0 Å². The molecule has 0 aliphatic carbocycles. The molecule has 0 amide bonds. The molecule has 0 spiro atoms. The maximum Gasteiger partial charge on any atom is 0.333 e. The number of rotatable bonds is 10. The van der Waals surface area contributed by atoms with E-state index in [0.717, 1.165) is 19.4 Å². The summed E-state index contributed by atoms with van der Waals surface area (Å²) in [5, 5.41) is 11.3. The zero-order valence-electron chi connectivity index (χ0n) is 18.5. The number of aliphatic hydroxyl groups excluding tert-OH is 1. The molecule has 1 aromatic rings. The monoisotopic (exact) mass is 413 g/mol. The van der Waals surface area contributed by atoms with Crippen molar-refractivity contribution in [1.29, 1.82) is 0 Å². The minimum Gasteiger partial charge on any atom is -0.466 e. The van der Waals surface area contributed by atoms with Gasteiger partial charge in [-0.1, -0.05) is 61.9 Å². The van der Waals surface area contributed by atoms with E-state index in [4.69, 9.17) is 9.47 Å². The van der Waals surface area contributed by atoms with Crippen LogP contribution in [0.5, 0.6) is 0 Å². The molecule has 30 heavy (non-hydrogen) atoms. The van der Waals surface area contributed by atoms with Crippen LogP contribution in [0.3, 0.4) is 0 Å². The van der Waals surface area contributed by atoms with Gasteiger partial charge in [0, 0.05) is 30.0 Å². The average Bonchev–Trinajstić information content (AvgIpc) is 3.35. The third-order valence-electron chi connectivity index (χ3n) is 6.44. The van der Waals surface area contributed by atoms with Gasteiger partial charge in [-0.15, -0.1) is 0 Å². The molecule has 0 aromatic heterocycles. The third-order valence-corrected chi connectivity index (χ3v) is 6.44. The van der Waals surface area contributed by atoms with Crippen molar-refractivity contribution in [3.8, 4) is 0 Å². The highest BCUT2D eigenvalue weighted by Crippen LogP contribution is 2.43. The van der Waals surface area contributed by atoms with Crippen molar-refractivity contribution in [3.63, 3.8) is 0 Å². The first-order valence-electron chi connectivity index (χ1n) is 11.0. The van der Waals surface area contributed by atoms with E-state index in [1.165, 1.54) is 12.7 Å². The molecule has 2 aliphatic rings. The molecule has 2 aliphatic heterocycles. The number of esters is 1. The first kappa shape index (κ1) is 22.7. The normalized spacial score (nSPS) is 27.5. The van der Waals surface area contributed by atoms with Crippen molar-refractivity contribution in [2.45, 2.75) is 64.0 Å². The first-order chi connectivity index (χ1) is 14.4. The Balaban J connectivity index is 1.71. The molecule has 1 saturated heterocycles. The maximum absolute atomic E-state index is 11.9. The van der Waals surface area contributed by atoms with Gasteiger partial charge in [0.25, 0.3) is 0 Å². The minimum atomic E-state index is -0.508. The number of aliphatic hydroxyl groups is 1. The molecule has 0 saturated carbocycles. The summed E-state index contributed by atoms with van der Waals surface area (Å²) in [4.78, 5) is 14.2. The van der Waals surface area contributed by atoms with E-state index >= 15 is 0 Å². The number of hydrogen-bond acceptors (Lipinski definition) is 5. The Kier molecular flexibility index (Phi) is 7.87. The van der Waals surface area contributed by atoms with Gasteiger partial charge in [-0.3, -0.25) is 4.90 Å². The summed E-state index contributed by atoms with van der Waals surface area (Å²) in [7, 11) is 3.52. The highest BCUT2D eigenvalue weighted by molar-refractivity contribution is 5.87. The van der Waals surface area contributed by atoms with Crippen molar-refractivity contribution in [2.24, 2.45) is 11.8 Å². The summed E-state index contributed by atoms with van der Waals surface area (Å²) in [6.07, 6.45) is 8.11. The van der Waals surface area contributed by atoms with Crippen LogP contribution in [0.1, 0.15) is 38.7 Å². The van der Waals surface area contributed by atoms with Gasteiger partial charge in [0.1, 0.15) is 0 Å². The number of carbonyl (C=O) groups is 1. The summed E-state index contributed by atoms with van der Waals surface area (Å²) in [6.45, 7) is 4.80. The van der Waals surface area contributed by atoms with Gasteiger partial charge in [0.05, 0.1) is 25.4 Å². The molecule has 1 aromatic carbocycles. The van der Waals surface area contributed by atoms with Crippen molar-refractivity contribution >= 4 is 5.97 Å². The second kappa shape index (κ2) is 10.4. The molecule has 5 nitrogen and oxygen atoms in total. The smallest absolute Gasteiger partial charge is 0.333 e. The fourth-order valence-electron chi connectivity index (χ4n) is 4.85. The molecule has 5 heteroatoms. The van der Waals surface area contributed by atoms with Gasteiger partial charge >= 0.3 is 5.97 Å². The van der Waals surface area contributed by atoms with Crippen LogP contribution in [0, 0.1) is 11.8 Å². The van der Waals surface area contributed by atoms with E-state index < -0.39 is 6.10 Å². The molecular formula is C25H35NO4. The Morgan fingerprint density at radius 2 is 1.97 bits per heavy atom. The number of methoxy groups -OCH3 is 1. The van der Waals surface area contributed by atoms with Crippen LogP contribution in [0.4, 0.5) is 0 Å². The number of carbonyl (C=O) groups excluding carboxylic acids is 1. The lowest BCUT2D eigenvalue weighted by atomic mass is 9.76. The standard InChI is InChI=1S/C25H35NO4/c1-5-9-19(26(3)16-18-10-7-6-8-11-18)15-21(27)24-20(14-17(2)25(28)29-4)22-12-13-23(24)30-22/h6-8,10-14,19-24,27H,5,9,15-16H2,1-4H3/b17-14+/t19-,20-,21-,22+,23+,24+/m1/s1. The lowest BCUT2D eigenvalue weighted by molar-refractivity contribution is -0.136. The summed E-state index contributed by atoms with van der Waals surface area (Å²) < 4.78 is 10.9. The second-order valence-electron chi connectivity index (χ2n) is 8.59. The Bertz CT molecular complexity index is 760. The van der Waals surface area contributed by atoms with E-state index in [-0.39, 0.29) is 36.1 Å². The van der Waals surface area contributed by atoms with Crippen molar-refractivity contribution in [3.05, 3.63) is 59.7 Å². The SMILES string of the molecule is CCC[C@H](C[C@@H](O)[C@@H]1[C@H](/C=C(\C)C(=O)OC)[C@@H]2C=C[C@@H]1O2)N(C)Cc1ccccc1. The van der Waals surface area contributed by atoms with Gasteiger partial charge in [-0.05, 0) is 32.4 Å². The van der Waals surface area contributed by atoms with Gasteiger partial charge in [0.2, 0.25) is 0 Å². The average molecular weight is 414 g/mol. The molecule has 1 N–H and O–H groups in total. The van der Waals surface area contributed by atoms with Gasteiger partial charge in [-0.2, -0.15) is 0 Å². The lowest BCUT2D eigenvalue weighted by Crippen LogP contribution is -2.40. The number of ether oxygens (including phenoxy) is 2. The Hall–Kier alpha value is -1.95. The van der Waals surface area contributed by atoms with Crippen LogP contribution in [0.2, 0.25) is 0 Å². The lowest BCUT2D eigenvalue weighted by Gasteiger charge is -2.34. The number of fused-ring (bicyclic) bond motifs is 2. The third kappa shape index (κ3) is 5.20. The van der Waals surface area contributed by atoms with Gasteiger partial charge in [0.15, 0.2) is 0 Å². The van der Waals surface area contributed by atoms with E-state index in [9.17, 15) is 9.90 Å². The van der Waals surface area contributed by atoms with E-state index in [1.807, 2.05) is 18.2 Å². The van der Waals surface area contributed by atoms with Gasteiger partial charge < -0.3 is 14.6 Å². The molecule has 0 unspecified atom stereocenters. The highest BCUT2D eigenvalue weighted by atomic mass is 16.5. The molecule has 6 atom stereocenters. The molecule has 2 heterocycles. The largest absolute Gasteiger partial charge is 0.466 e. The van der Waals surface area contributed by atoms with Crippen LogP contribution >= 0.6 is 0 Å². The number of benzene rings is 1. The fraction of sp³-hybridized carbons (Fsp3) is 0.560. The predicted octanol–water partition coefficient (Wildman–Crippen LogP) is 3.73. The van der Waals surface area contributed by atoms with E-state index in [2.05, 4.69) is 49.2 Å². The highest BCUT2D eigenvalue weighted by Gasteiger charge is 2.48. The molecule has 3 rings (SSSR count). The predicted molar refractivity (Wildman–Crippen MR) is 118 cm³/mol. The minimum absolute atomic E-state index is 0.0178. The van der Waals surface area contributed by atoms with Gasteiger partial charge in [-0.25, -0.2) is 4.79 Å². The quantitative estimate of drug-likeness (QED) is 0.360. The zero-order valence-corrected chi connectivity index (χ0v) is 18.5. The summed E-state index contributed by atoms with van der Waals surface area (Å²) >= 11 is 0. The van der Waals surface area contributed by atoms with Crippen molar-refractivity contribution < 1.29 is 19.4 Å². The van der Waals surface area contributed by atoms with Crippen molar-refractivity contribution in [2.75, 3.05) is 14.2 Å². The van der Waals surface area contributed by atoms with Crippen LogP contribution in [-0.2, 0) is 20.8 Å². The van der Waals surface area contributed by atoms with E-state index in [1.54, 1.807) is 6.92 Å². The zero-order chi connectivity index (χ0) is 21.7. The molecular weight excluding hydrogens is 378 g/mol. The van der Waals surface area contributed by atoms with Crippen LogP contribution in [0.25, 0.3) is 0 Å². The second-order valence-corrected chi connectivity index (χ2v) is 8.59. The van der Waals surface area contributed by atoms with Crippen molar-refractivity contribution in [1.82, 2.24) is 4.90 Å². The maximum atomic E-state index is 11.9. The van der Waals surface area contributed by atoms with Crippen LogP contribution < -0.4 is 0 Å². The first-order valence-corrected chi connectivity index (χ1v) is 11.0. The Labute approximate surface area is 180 Å². The Morgan fingerprint density at radius 1 is 1.27 bits per heavy atom. The topological polar surface area (TPSA) is 59.0 Å². The van der Waals surface area contributed by atoms with Crippen LogP contribution in [-0.4, -0.2) is 54.5 Å². The molecule has 2 bridgehead atoms. The van der Waals surface area contributed by atoms with Crippen LogP contribution in [0.15, 0.2) is 54.1 Å². The number of hydrogen-bond donors (Lipinski definition) is 1. The molecule has 1 fully saturated rings. The summed E-state index contributed by atoms with van der Waals surface area (Å²) in [5.74, 6) is -0.402. The summed E-state index contributed by atoms with van der Waals surface area (Å²) in [5.41, 5.74) is 1.84. The number of nitrogens with zero attached hydrogens (tertiary/aromatic N) is 1.